The van der Waals surface area contributed by atoms with Gasteiger partial charge in [-0.2, -0.15) is 0 Å². The largest absolute Gasteiger partial charge is 0.264 e. The molecule has 1 aliphatic rings. The molecular weight excluding hydrogens is 426 g/mol. The number of hydrogen-bond donors (Lipinski definition) is 0. The molecular formula is C32H23NSi. The van der Waals surface area contributed by atoms with Crippen LogP contribution < -0.4 is 20.7 Å². The number of aromatic nitrogens is 1. The quantitative estimate of drug-likeness (QED) is 0.266. The molecule has 2 heterocycles. The summed E-state index contributed by atoms with van der Waals surface area (Å²) in [5, 5.41) is 11.1. The Hall–Kier alpha value is -4.01. The molecule has 0 aliphatic carbocycles. The molecule has 1 aliphatic heterocycles. The van der Waals surface area contributed by atoms with Gasteiger partial charge in [-0.05, 0) is 61.0 Å². The van der Waals surface area contributed by atoms with E-state index in [4.69, 9.17) is 0 Å². The standard InChI is InChI=1S/C32H23NSi/c1-22-16-17-28-30(20-22)34(23-10-4-2-5-11-23,24-12-6-3-7-13-24)32-27-15-9-8-14-25(27)26-18-19-33-21-29(26)31(28)32/h2-21H,1H3. The second-order valence-corrected chi connectivity index (χ2v) is 12.9. The van der Waals surface area contributed by atoms with Gasteiger partial charge in [-0.15, -0.1) is 0 Å². The molecule has 1 aromatic heterocycles. The number of rotatable bonds is 2. The van der Waals surface area contributed by atoms with E-state index in [-0.39, 0.29) is 0 Å². The summed E-state index contributed by atoms with van der Waals surface area (Å²) in [5.41, 5.74) is 4.04. The fourth-order valence-corrected chi connectivity index (χ4v) is 11.7. The Labute approximate surface area is 200 Å². The highest BCUT2D eigenvalue weighted by Crippen LogP contribution is 2.39. The van der Waals surface area contributed by atoms with Gasteiger partial charge >= 0.3 is 0 Å². The lowest BCUT2D eigenvalue weighted by Gasteiger charge is -2.32. The third-order valence-corrected chi connectivity index (χ3v) is 12.4. The van der Waals surface area contributed by atoms with E-state index in [9.17, 15) is 0 Å². The predicted molar refractivity (Wildman–Crippen MR) is 147 cm³/mol. The molecule has 2 heteroatoms. The summed E-state index contributed by atoms with van der Waals surface area (Å²) in [4.78, 5) is 4.60. The molecule has 5 aromatic carbocycles. The minimum atomic E-state index is -2.57. The molecule has 0 bridgehead atoms. The minimum absolute atomic E-state index is 1.25. The maximum absolute atomic E-state index is 4.60. The van der Waals surface area contributed by atoms with Gasteiger partial charge in [0.25, 0.3) is 0 Å². The Kier molecular flexibility index (Phi) is 4.14. The number of aryl methyl sites for hydroxylation is 1. The van der Waals surface area contributed by atoms with Gasteiger partial charge in [-0.3, -0.25) is 4.98 Å². The first-order chi connectivity index (χ1) is 16.8. The predicted octanol–water partition coefficient (Wildman–Crippen LogP) is 5.05. The topological polar surface area (TPSA) is 12.9 Å². The summed E-state index contributed by atoms with van der Waals surface area (Å²) in [6.07, 6.45) is 4.00. The minimum Gasteiger partial charge on any atom is -0.264 e. The normalized spacial score (nSPS) is 13.7. The SMILES string of the molecule is Cc1ccc2c(c1)[Si](c1ccccc1)(c1ccccc1)c1c-2c2cnccc2c2ccccc12. The van der Waals surface area contributed by atoms with Gasteiger partial charge in [0.2, 0.25) is 0 Å². The van der Waals surface area contributed by atoms with Crippen molar-refractivity contribution in [2.24, 2.45) is 0 Å². The second kappa shape index (κ2) is 7.24. The molecule has 34 heavy (non-hydrogen) atoms. The van der Waals surface area contributed by atoms with Crippen LogP contribution in [-0.4, -0.2) is 13.1 Å². The van der Waals surface area contributed by atoms with Crippen LogP contribution in [0.3, 0.4) is 0 Å². The molecule has 0 unspecified atom stereocenters. The van der Waals surface area contributed by atoms with Crippen molar-refractivity contribution in [2.45, 2.75) is 6.92 Å². The van der Waals surface area contributed by atoms with Gasteiger partial charge < -0.3 is 0 Å². The first-order valence-electron chi connectivity index (χ1n) is 11.8. The highest BCUT2D eigenvalue weighted by molar-refractivity contribution is 7.23. The van der Waals surface area contributed by atoms with Crippen LogP contribution in [0.1, 0.15) is 5.56 Å². The summed E-state index contributed by atoms with van der Waals surface area (Å²) in [6, 6.07) is 40.7. The zero-order valence-corrected chi connectivity index (χ0v) is 20.0. The average molecular weight is 450 g/mol. The van der Waals surface area contributed by atoms with Crippen molar-refractivity contribution < 1.29 is 0 Å². The Morgan fingerprint density at radius 2 is 1.21 bits per heavy atom. The van der Waals surface area contributed by atoms with Crippen molar-refractivity contribution >= 4 is 50.4 Å². The number of nitrogens with zero attached hydrogens (tertiary/aromatic N) is 1. The van der Waals surface area contributed by atoms with E-state index in [1.807, 2.05) is 6.20 Å². The summed E-state index contributed by atoms with van der Waals surface area (Å²) < 4.78 is 0. The molecule has 0 amide bonds. The van der Waals surface area contributed by atoms with Gasteiger partial charge in [0.05, 0.1) is 0 Å². The number of pyridine rings is 1. The van der Waals surface area contributed by atoms with E-state index in [0.29, 0.717) is 0 Å². The van der Waals surface area contributed by atoms with E-state index in [2.05, 4.69) is 127 Å². The van der Waals surface area contributed by atoms with E-state index >= 15 is 0 Å². The van der Waals surface area contributed by atoms with Gasteiger partial charge in [0.15, 0.2) is 8.07 Å². The third-order valence-electron chi connectivity index (χ3n) is 7.46. The summed E-state index contributed by atoms with van der Waals surface area (Å²) in [5.74, 6) is 0. The zero-order chi connectivity index (χ0) is 22.7. The van der Waals surface area contributed by atoms with E-state index in [0.717, 1.165) is 0 Å². The van der Waals surface area contributed by atoms with Crippen molar-refractivity contribution in [1.29, 1.82) is 0 Å². The fraction of sp³-hybridized carbons (Fsp3) is 0.0312. The first-order valence-corrected chi connectivity index (χ1v) is 13.8. The molecule has 7 rings (SSSR count). The van der Waals surface area contributed by atoms with Crippen LogP contribution in [0.2, 0.25) is 0 Å². The van der Waals surface area contributed by atoms with Crippen LogP contribution in [0.25, 0.3) is 32.7 Å². The molecule has 0 atom stereocenters. The van der Waals surface area contributed by atoms with Gasteiger partial charge in [-0.1, -0.05) is 109 Å². The smallest absolute Gasteiger partial charge is 0.181 e. The Morgan fingerprint density at radius 3 is 1.91 bits per heavy atom. The molecule has 0 fully saturated rings. The number of hydrogen-bond acceptors (Lipinski definition) is 1. The molecule has 0 spiro atoms. The summed E-state index contributed by atoms with van der Waals surface area (Å²) in [7, 11) is -2.57. The van der Waals surface area contributed by atoms with Gasteiger partial charge in [-0.25, -0.2) is 0 Å². The van der Waals surface area contributed by atoms with Crippen LogP contribution in [0.4, 0.5) is 0 Å². The van der Waals surface area contributed by atoms with Crippen LogP contribution in [-0.2, 0) is 0 Å². The van der Waals surface area contributed by atoms with Crippen molar-refractivity contribution in [3.8, 4) is 11.1 Å². The van der Waals surface area contributed by atoms with Crippen molar-refractivity contribution in [3.63, 3.8) is 0 Å². The molecule has 6 aromatic rings. The van der Waals surface area contributed by atoms with E-state index < -0.39 is 8.07 Å². The molecule has 0 saturated carbocycles. The van der Waals surface area contributed by atoms with Crippen LogP contribution in [0.15, 0.2) is 122 Å². The second-order valence-electron chi connectivity index (χ2n) is 9.25. The van der Waals surface area contributed by atoms with Crippen molar-refractivity contribution in [3.05, 3.63) is 127 Å². The van der Waals surface area contributed by atoms with Gasteiger partial charge in [0.1, 0.15) is 0 Å². The first kappa shape index (κ1) is 19.5. The Morgan fingerprint density at radius 1 is 0.588 bits per heavy atom. The van der Waals surface area contributed by atoms with Crippen LogP contribution in [0, 0.1) is 6.92 Å². The summed E-state index contributed by atoms with van der Waals surface area (Å²) in [6.45, 7) is 2.22. The van der Waals surface area contributed by atoms with Crippen molar-refractivity contribution in [1.82, 2.24) is 4.98 Å². The molecule has 0 radical (unpaired) electrons. The van der Waals surface area contributed by atoms with Crippen LogP contribution >= 0.6 is 0 Å². The molecule has 1 nitrogen and oxygen atoms in total. The monoisotopic (exact) mass is 449 g/mol. The molecule has 0 N–H and O–H groups in total. The molecule has 160 valence electrons. The Balaban J connectivity index is 1.82. The average Bonchev–Trinajstić information content (AvgIpc) is 3.21. The third kappa shape index (κ3) is 2.46. The van der Waals surface area contributed by atoms with Crippen LogP contribution in [0.5, 0.6) is 0 Å². The maximum Gasteiger partial charge on any atom is 0.181 e. The van der Waals surface area contributed by atoms with Gasteiger partial charge in [0, 0.05) is 17.8 Å². The Bertz CT molecular complexity index is 1670. The highest BCUT2D eigenvalue weighted by atomic mass is 28.3. The van der Waals surface area contributed by atoms with E-state index in [1.54, 1.807) is 0 Å². The lowest BCUT2D eigenvalue weighted by molar-refractivity contribution is 1.37. The molecule has 0 saturated heterocycles. The summed E-state index contributed by atoms with van der Waals surface area (Å²) >= 11 is 0. The maximum atomic E-state index is 4.60. The highest BCUT2D eigenvalue weighted by Gasteiger charge is 2.50. The lowest BCUT2D eigenvalue weighted by Crippen LogP contribution is -2.73. The number of fused-ring (bicyclic) bond motifs is 8. The zero-order valence-electron chi connectivity index (χ0n) is 19.0. The van der Waals surface area contributed by atoms with E-state index in [1.165, 1.54) is 59.0 Å². The number of benzene rings is 5. The lowest BCUT2D eigenvalue weighted by atomic mass is 9.94. The van der Waals surface area contributed by atoms with Crippen molar-refractivity contribution in [2.75, 3.05) is 0 Å². The fourth-order valence-electron chi connectivity index (χ4n) is 6.17.